The molecule has 0 spiro atoms. The van der Waals surface area contributed by atoms with Gasteiger partial charge in [-0.25, -0.2) is 0 Å². The number of nitrogens with zero attached hydrogens (tertiary/aromatic N) is 2. The summed E-state index contributed by atoms with van der Waals surface area (Å²) in [6, 6.07) is 9.86. The lowest BCUT2D eigenvalue weighted by Crippen LogP contribution is -2.27. The quantitative estimate of drug-likeness (QED) is 0.738. The maximum atomic E-state index is 10.7. The standard InChI is InChI=1S/C15H22N4O/c1-12(20)17-9-4-10-18-15(11-16)13-5-7-14(8-6-13)19(2)3/h5-8,15,18H,4,9-10H2,1-3H3,(H,17,20). The van der Waals surface area contributed by atoms with Gasteiger partial charge in [-0.2, -0.15) is 5.26 Å². The summed E-state index contributed by atoms with van der Waals surface area (Å²) in [6.07, 6.45) is 0.799. The number of anilines is 1. The highest BCUT2D eigenvalue weighted by Crippen LogP contribution is 2.17. The van der Waals surface area contributed by atoms with Crippen LogP contribution in [0.1, 0.15) is 24.9 Å². The number of hydrogen-bond acceptors (Lipinski definition) is 4. The summed E-state index contributed by atoms with van der Waals surface area (Å²) < 4.78 is 0. The van der Waals surface area contributed by atoms with Crippen LogP contribution >= 0.6 is 0 Å². The Bertz CT molecular complexity index is 462. The first kappa shape index (κ1) is 16.0. The Balaban J connectivity index is 2.46. The molecular weight excluding hydrogens is 252 g/mol. The summed E-state index contributed by atoms with van der Waals surface area (Å²) >= 11 is 0. The van der Waals surface area contributed by atoms with Crippen LogP contribution in [0.15, 0.2) is 24.3 Å². The van der Waals surface area contributed by atoms with Crippen molar-refractivity contribution >= 4 is 11.6 Å². The zero-order chi connectivity index (χ0) is 15.0. The Labute approximate surface area is 120 Å². The second kappa shape index (κ2) is 8.18. The van der Waals surface area contributed by atoms with Crippen LogP contribution in [0.4, 0.5) is 5.69 Å². The van der Waals surface area contributed by atoms with Gasteiger partial charge in [0, 0.05) is 33.3 Å². The monoisotopic (exact) mass is 274 g/mol. The van der Waals surface area contributed by atoms with Crippen LogP contribution in [0.3, 0.4) is 0 Å². The van der Waals surface area contributed by atoms with Gasteiger partial charge in [0.15, 0.2) is 0 Å². The van der Waals surface area contributed by atoms with Gasteiger partial charge in [0.2, 0.25) is 5.91 Å². The van der Waals surface area contributed by atoms with Crippen molar-refractivity contribution in [3.63, 3.8) is 0 Å². The fraction of sp³-hybridized carbons (Fsp3) is 0.467. The van der Waals surface area contributed by atoms with E-state index in [0.717, 1.165) is 17.7 Å². The predicted molar refractivity (Wildman–Crippen MR) is 80.4 cm³/mol. The van der Waals surface area contributed by atoms with Crippen molar-refractivity contribution in [1.29, 1.82) is 5.26 Å². The third-order valence-corrected chi connectivity index (χ3v) is 2.95. The van der Waals surface area contributed by atoms with Gasteiger partial charge in [0.25, 0.3) is 0 Å². The van der Waals surface area contributed by atoms with Crippen LogP contribution in [-0.2, 0) is 4.79 Å². The maximum absolute atomic E-state index is 10.7. The first-order valence-corrected chi connectivity index (χ1v) is 6.69. The average molecular weight is 274 g/mol. The first-order valence-electron chi connectivity index (χ1n) is 6.69. The molecule has 0 aromatic heterocycles. The number of benzene rings is 1. The van der Waals surface area contributed by atoms with E-state index in [0.29, 0.717) is 13.1 Å². The van der Waals surface area contributed by atoms with Crippen molar-refractivity contribution in [3.8, 4) is 6.07 Å². The minimum atomic E-state index is -0.316. The molecule has 108 valence electrons. The molecule has 1 aromatic rings. The summed E-state index contributed by atoms with van der Waals surface area (Å²) in [5.74, 6) is -0.0268. The summed E-state index contributed by atoms with van der Waals surface area (Å²) in [5.41, 5.74) is 2.06. The first-order chi connectivity index (χ1) is 9.54. The van der Waals surface area contributed by atoms with E-state index in [4.69, 9.17) is 0 Å². The minimum absolute atomic E-state index is 0.0268. The lowest BCUT2D eigenvalue weighted by molar-refractivity contribution is -0.118. The van der Waals surface area contributed by atoms with E-state index in [2.05, 4.69) is 16.7 Å². The Morgan fingerprint density at radius 1 is 1.30 bits per heavy atom. The maximum Gasteiger partial charge on any atom is 0.216 e. The predicted octanol–water partition coefficient (Wildman–Crippen LogP) is 1.43. The second-order valence-electron chi connectivity index (χ2n) is 4.84. The van der Waals surface area contributed by atoms with Crippen LogP contribution in [0.2, 0.25) is 0 Å². The van der Waals surface area contributed by atoms with E-state index in [1.807, 2.05) is 43.3 Å². The van der Waals surface area contributed by atoms with Crippen molar-refractivity contribution in [1.82, 2.24) is 10.6 Å². The summed E-state index contributed by atoms with van der Waals surface area (Å²) in [5, 5.41) is 15.1. The van der Waals surface area contributed by atoms with E-state index >= 15 is 0 Å². The molecule has 1 unspecified atom stereocenters. The molecule has 20 heavy (non-hydrogen) atoms. The summed E-state index contributed by atoms with van der Waals surface area (Å²) in [6.45, 7) is 2.81. The zero-order valence-electron chi connectivity index (χ0n) is 12.3. The number of rotatable bonds is 7. The molecule has 1 atom stereocenters. The highest BCUT2D eigenvalue weighted by molar-refractivity contribution is 5.72. The zero-order valence-corrected chi connectivity index (χ0v) is 12.3. The molecule has 1 aromatic carbocycles. The second-order valence-corrected chi connectivity index (χ2v) is 4.84. The third kappa shape index (κ3) is 5.29. The van der Waals surface area contributed by atoms with Crippen LogP contribution in [0.25, 0.3) is 0 Å². The van der Waals surface area contributed by atoms with Crippen molar-refractivity contribution in [3.05, 3.63) is 29.8 Å². The van der Waals surface area contributed by atoms with E-state index in [9.17, 15) is 10.1 Å². The molecule has 0 aliphatic carbocycles. The average Bonchev–Trinajstić information content (AvgIpc) is 2.42. The molecule has 0 heterocycles. The molecule has 0 aliphatic rings. The molecule has 0 saturated carbocycles. The number of hydrogen-bond donors (Lipinski definition) is 2. The Morgan fingerprint density at radius 3 is 2.45 bits per heavy atom. The van der Waals surface area contributed by atoms with E-state index in [1.54, 1.807) is 0 Å². The molecule has 0 radical (unpaired) electrons. The summed E-state index contributed by atoms with van der Waals surface area (Å²) in [7, 11) is 3.97. The van der Waals surface area contributed by atoms with Gasteiger partial charge in [0.05, 0.1) is 6.07 Å². The van der Waals surface area contributed by atoms with E-state index < -0.39 is 0 Å². The van der Waals surface area contributed by atoms with Crippen molar-refractivity contribution in [2.45, 2.75) is 19.4 Å². The molecule has 2 N–H and O–H groups in total. The molecule has 5 heteroatoms. The highest BCUT2D eigenvalue weighted by atomic mass is 16.1. The lowest BCUT2D eigenvalue weighted by atomic mass is 10.1. The van der Waals surface area contributed by atoms with E-state index in [1.165, 1.54) is 6.92 Å². The van der Waals surface area contributed by atoms with Crippen LogP contribution in [0.5, 0.6) is 0 Å². The number of carbonyl (C=O) groups is 1. The van der Waals surface area contributed by atoms with Crippen LogP contribution in [-0.4, -0.2) is 33.1 Å². The molecule has 0 bridgehead atoms. The number of carbonyl (C=O) groups excluding carboxylic acids is 1. The fourth-order valence-electron chi connectivity index (χ4n) is 1.80. The topological polar surface area (TPSA) is 68.2 Å². The van der Waals surface area contributed by atoms with Crippen molar-refractivity contribution < 1.29 is 4.79 Å². The summed E-state index contributed by atoms with van der Waals surface area (Å²) in [4.78, 5) is 12.7. The van der Waals surface area contributed by atoms with Gasteiger partial charge in [-0.15, -0.1) is 0 Å². The Hall–Kier alpha value is -2.06. The molecule has 1 rings (SSSR count). The smallest absolute Gasteiger partial charge is 0.216 e. The third-order valence-electron chi connectivity index (χ3n) is 2.95. The van der Waals surface area contributed by atoms with E-state index in [-0.39, 0.29) is 11.9 Å². The Morgan fingerprint density at radius 2 is 1.95 bits per heavy atom. The van der Waals surface area contributed by atoms with Gasteiger partial charge in [-0.05, 0) is 30.7 Å². The van der Waals surface area contributed by atoms with Gasteiger partial charge in [0.1, 0.15) is 6.04 Å². The minimum Gasteiger partial charge on any atom is -0.378 e. The molecule has 0 fully saturated rings. The van der Waals surface area contributed by atoms with Crippen LogP contribution < -0.4 is 15.5 Å². The van der Waals surface area contributed by atoms with Gasteiger partial charge < -0.3 is 10.2 Å². The number of amides is 1. The van der Waals surface area contributed by atoms with Crippen molar-refractivity contribution in [2.75, 3.05) is 32.1 Å². The highest BCUT2D eigenvalue weighted by Gasteiger charge is 2.09. The SMILES string of the molecule is CC(=O)NCCCNC(C#N)c1ccc(N(C)C)cc1. The molecule has 5 nitrogen and oxygen atoms in total. The number of nitriles is 1. The van der Waals surface area contributed by atoms with Crippen molar-refractivity contribution in [2.24, 2.45) is 0 Å². The lowest BCUT2D eigenvalue weighted by Gasteiger charge is -2.15. The Kier molecular flexibility index (Phi) is 6.54. The largest absolute Gasteiger partial charge is 0.378 e. The van der Waals surface area contributed by atoms with Gasteiger partial charge >= 0.3 is 0 Å². The molecule has 1 amide bonds. The normalized spacial score (nSPS) is 11.5. The fourth-order valence-corrected chi connectivity index (χ4v) is 1.80. The molecule has 0 aliphatic heterocycles. The van der Waals surface area contributed by atoms with Crippen LogP contribution in [0, 0.1) is 11.3 Å². The number of nitrogens with one attached hydrogen (secondary N) is 2. The van der Waals surface area contributed by atoms with Gasteiger partial charge in [-0.1, -0.05) is 12.1 Å². The molecular formula is C15H22N4O. The van der Waals surface area contributed by atoms with Gasteiger partial charge in [-0.3, -0.25) is 10.1 Å². The molecule has 0 saturated heterocycles.